The van der Waals surface area contributed by atoms with E-state index in [1.165, 1.54) is 135 Å². The quantitative estimate of drug-likeness (QED) is 0.0349. The minimum absolute atomic E-state index is 0.122. The van der Waals surface area contributed by atoms with Crippen LogP contribution in [0.3, 0.4) is 0 Å². The number of amides is 1. The van der Waals surface area contributed by atoms with Crippen molar-refractivity contribution in [3.05, 3.63) is 0 Å². The van der Waals surface area contributed by atoms with Gasteiger partial charge in [0.05, 0.1) is 13.0 Å². The van der Waals surface area contributed by atoms with E-state index in [0.717, 1.165) is 57.8 Å². The number of carbonyl (C=O) groups excluding carboxylic acids is 3. The van der Waals surface area contributed by atoms with Crippen LogP contribution in [0.15, 0.2) is 0 Å². The molecule has 58 heavy (non-hydrogen) atoms. The van der Waals surface area contributed by atoms with Crippen molar-refractivity contribution in [1.29, 1.82) is 0 Å². The fraction of sp³-hybridized carbons (Fsp3) is 0.938. The third-order valence-corrected chi connectivity index (χ3v) is 11.8. The standard InChI is InChI=1S/C48H91NO9/c1-4-7-10-13-16-19-21-24-27-30-33-36-43(52)56-40(35-32-29-26-23-18-15-12-9-6-3)38-42(51)49-45-47(46(54)41(39-50)57-48(45)55)58-44(53)37-34-31-28-25-22-20-17-14-11-8-5-2/h40-41,45-48,50,54-55H,4-39H2,1-3H3,(H,49,51)/t40-,41+,45+,46+,47+,48?/m0/s1. The van der Waals surface area contributed by atoms with Gasteiger partial charge in [-0.25, -0.2) is 0 Å². The molecule has 10 nitrogen and oxygen atoms in total. The Bertz CT molecular complexity index is 981. The predicted molar refractivity (Wildman–Crippen MR) is 234 cm³/mol. The summed E-state index contributed by atoms with van der Waals surface area (Å²) in [4.78, 5) is 39.4. The van der Waals surface area contributed by atoms with Gasteiger partial charge in [0.15, 0.2) is 12.4 Å². The molecule has 1 aliphatic heterocycles. The molecule has 1 rings (SSSR count). The summed E-state index contributed by atoms with van der Waals surface area (Å²) in [5, 5.41) is 34.4. The van der Waals surface area contributed by atoms with Crippen LogP contribution in [-0.2, 0) is 28.6 Å². The molecule has 6 atom stereocenters. The molecule has 0 aromatic rings. The minimum Gasteiger partial charge on any atom is -0.462 e. The molecule has 0 radical (unpaired) electrons. The Morgan fingerprint density at radius 1 is 0.552 bits per heavy atom. The van der Waals surface area contributed by atoms with Gasteiger partial charge in [-0.3, -0.25) is 14.4 Å². The molecule has 342 valence electrons. The summed E-state index contributed by atoms with van der Waals surface area (Å²) >= 11 is 0. The maximum absolute atomic E-state index is 13.5. The van der Waals surface area contributed by atoms with Crippen LogP contribution in [0.2, 0.25) is 0 Å². The van der Waals surface area contributed by atoms with Crippen molar-refractivity contribution >= 4 is 17.8 Å². The first kappa shape index (κ1) is 54.3. The first-order chi connectivity index (χ1) is 28.3. The average molecular weight is 826 g/mol. The van der Waals surface area contributed by atoms with Crippen molar-refractivity contribution in [2.45, 2.75) is 282 Å². The normalized spacial score (nSPS) is 19.9. The topological polar surface area (TPSA) is 152 Å². The molecular formula is C48H91NO9. The summed E-state index contributed by atoms with van der Waals surface area (Å²) in [6.07, 6.45) is 30.7. The summed E-state index contributed by atoms with van der Waals surface area (Å²) in [5.41, 5.74) is 0. The first-order valence-corrected chi connectivity index (χ1v) is 24.6. The second kappa shape index (κ2) is 38.2. The van der Waals surface area contributed by atoms with Gasteiger partial charge in [0.2, 0.25) is 5.91 Å². The highest BCUT2D eigenvalue weighted by Gasteiger charge is 2.47. The molecule has 0 saturated carbocycles. The number of aliphatic hydroxyl groups excluding tert-OH is 3. The van der Waals surface area contributed by atoms with Crippen molar-refractivity contribution in [2.75, 3.05) is 6.61 Å². The summed E-state index contributed by atoms with van der Waals surface area (Å²) in [7, 11) is 0. The molecule has 0 spiro atoms. The molecule has 1 aliphatic rings. The highest BCUT2D eigenvalue weighted by Crippen LogP contribution is 2.25. The van der Waals surface area contributed by atoms with E-state index in [2.05, 4.69) is 26.1 Å². The lowest BCUT2D eigenvalue weighted by Crippen LogP contribution is -2.65. The minimum atomic E-state index is -1.62. The van der Waals surface area contributed by atoms with Gasteiger partial charge in [-0.05, 0) is 25.7 Å². The van der Waals surface area contributed by atoms with Crippen molar-refractivity contribution in [1.82, 2.24) is 5.32 Å². The highest BCUT2D eigenvalue weighted by atomic mass is 16.6. The number of nitrogens with one attached hydrogen (secondary N) is 1. The first-order valence-electron chi connectivity index (χ1n) is 24.6. The highest BCUT2D eigenvalue weighted by molar-refractivity contribution is 5.78. The SMILES string of the molecule is CCCCCCCCCCCCCC(=O)O[C@@H](CCCCCCCCCCC)CC(=O)N[C@H]1C(O)O[C@H](CO)[C@@H](O)[C@@H]1OC(=O)CCCCCCCCCCCCC. The lowest BCUT2D eigenvalue weighted by molar-refractivity contribution is -0.259. The van der Waals surface area contributed by atoms with E-state index < -0.39 is 55.2 Å². The third kappa shape index (κ3) is 28.7. The average Bonchev–Trinajstić information content (AvgIpc) is 3.20. The monoisotopic (exact) mass is 826 g/mol. The van der Waals surface area contributed by atoms with Gasteiger partial charge in [0.25, 0.3) is 0 Å². The Labute approximate surface area is 355 Å². The zero-order valence-corrected chi connectivity index (χ0v) is 37.7. The van der Waals surface area contributed by atoms with E-state index in [9.17, 15) is 29.7 Å². The maximum atomic E-state index is 13.5. The summed E-state index contributed by atoms with van der Waals surface area (Å²) < 4.78 is 17.0. The van der Waals surface area contributed by atoms with Crippen LogP contribution >= 0.6 is 0 Å². The number of hydrogen-bond acceptors (Lipinski definition) is 9. The molecule has 0 aliphatic carbocycles. The summed E-state index contributed by atoms with van der Waals surface area (Å²) in [6, 6.07) is -1.26. The van der Waals surface area contributed by atoms with Crippen LogP contribution < -0.4 is 5.32 Å². The van der Waals surface area contributed by atoms with Gasteiger partial charge in [-0.2, -0.15) is 0 Å². The van der Waals surface area contributed by atoms with Gasteiger partial charge in [-0.15, -0.1) is 0 Å². The van der Waals surface area contributed by atoms with Crippen molar-refractivity contribution in [2.24, 2.45) is 0 Å². The molecule has 4 N–H and O–H groups in total. The molecule has 0 aromatic carbocycles. The van der Waals surface area contributed by atoms with Gasteiger partial charge in [0, 0.05) is 12.8 Å². The zero-order valence-electron chi connectivity index (χ0n) is 37.7. The zero-order chi connectivity index (χ0) is 42.5. The second-order valence-corrected chi connectivity index (χ2v) is 17.3. The van der Waals surface area contributed by atoms with Gasteiger partial charge >= 0.3 is 11.9 Å². The molecule has 1 heterocycles. The van der Waals surface area contributed by atoms with Crippen LogP contribution in [0.1, 0.15) is 245 Å². The lowest BCUT2D eigenvalue weighted by atomic mass is 9.96. The van der Waals surface area contributed by atoms with Crippen LogP contribution in [0, 0.1) is 0 Å². The van der Waals surface area contributed by atoms with E-state index in [4.69, 9.17) is 14.2 Å². The van der Waals surface area contributed by atoms with Gasteiger partial charge in [-0.1, -0.05) is 201 Å². The molecule has 1 saturated heterocycles. The number of ether oxygens (including phenoxy) is 3. The fourth-order valence-electron chi connectivity index (χ4n) is 8.04. The third-order valence-electron chi connectivity index (χ3n) is 11.8. The van der Waals surface area contributed by atoms with Crippen molar-refractivity contribution < 1.29 is 43.9 Å². The van der Waals surface area contributed by atoms with Gasteiger partial charge in [0.1, 0.15) is 24.4 Å². The Kier molecular flexibility index (Phi) is 35.7. The number of carbonyl (C=O) groups is 3. The fourth-order valence-corrected chi connectivity index (χ4v) is 8.04. The molecule has 1 unspecified atom stereocenters. The summed E-state index contributed by atoms with van der Waals surface area (Å²) in [6.45, 7) is 6.09. The van der Waals surface area contributed by atoms with Gasteiger partial charge < -0.3 is 34.8 Å². The molecular weight excluding hydrogens is 735 g/mol. The largest absolute Gasteiger partial charge is 0.462 e. The molecule has 0 bridgehead atoms. The van der Waals surface area contributed by atoms with E-state index in [-0.39, 0.29) is 18.8 Å². The Morgan fingerprint density at radius 3 is 1.34 bits per heavy atom. The molecule has 1 amide bonds. The van der Waals surface area contributed by atoms with Crippen molar-refractivity contribution in [3.63, 3.8) is 0 Å². The van der Waals surface area contributed by atoms with E-state index >= 15 is 0 Å². The smallest absolute Gasteiger partial charge is 0.306 e. The van der Waals surface area contributed by atoms with Crippen LogP contribution in [0.25, 0.3) is 0 Å². The van der Waals surface area contributed by atoms with Crippen LogP contribution in [-0.4, -0.2) is 76.5 Å². The molecule has 0 aromatic heterocycles. The number of aliphatic hydroxyl groups is 3. The summed E-state index contributed by atoms with van der Waals surface area (Å²) in [5.74, 6) is -1.34. The van der Waals surface area contributed by atoms with Crippen molar-refractivity contribution in [3.8, 4) is 0 Å². The molecule has 10 heteroatoms. The van der Waals surface area contributed by atoms with Crippen LogP contribution in [0.4, 0.5) is 0 Å². The number of rotatable bonds is 40. The number of hydrogen-bond donors (Lipinski definition) is 4. The molecule has 1 fully saturated rings. The second-order valence-electron chi connectivity index (χ2n) is 17.3. The number of unbranched alkanes of at least 4 members (excludes halogenated alkanes) is 28. The van der Waals surface area contributed by atoms with E-state index in [0.29, 0.717) is 19.3 Å². The number of esters is 2. The Balaban J connectivity index is 2.67. The van der Waals surface area contributed by atoms with E-state index in [1.54, 1.807) is 0 Å². The Morgan fingerprint density at radius 2 is 0.931 bits per heavy atom. The maximum Gasteiger partial charge on any atom is 0.306 e. The van der Waals surface area contributed by atoms with Crippen LogP contribution in [0.5, 0.6) is 0 Å². The Hall–Kier alpha value is -1.75. The van der Waals surface area contributed by atoms with E-state index in [1.807, 2.05) is 0 Å². The predicted octanol–water partition coefficient (Wildman–Crippen LogP) is 11.1. The lowest BCUT2D eigenvalue weighted by Gasteiger charge is -2.42.